The van der Waals surface area contributed by atoms with E-state index in [-0.39, 0.29) is 16.8 Å². The fourth-order valence-electron chi connectivity index (χ4n) is 2.76. The molecule has 0 spiro atoms. The van der Waals surface area contributed by atoms with E-state index in [0.29, 0.717) is 18.8 Å². The number of nitrogens with zero attached hydrogens (tertiary/aromatic N) is 1. The van der Waals surface area contributed by atoms with E-state index in [1.807, 2.05) is 45.2 Å². The molecule has 0 aliphatic heterocycles. The van der Waals surface area contributed by atoms with Crippen LogP contribution < -0.4 is 15.0 Å². The number of amides is 1. The van der Waals surface area contributed by atoms with Gasteiger partial charge in [0, 0.05) is 25.3 Å². The summed E-state index contributed by atoms with van der Waals surface area (Å²) in [6, 6.07) is 13.8. The van der Waals surface area contributed by atoms with Crippen LogP contribution in [-0.4, -0.2) is 52.4 Å². The Bertz CT molecular complexity index is 927. The number of anilines is 1. The van der Waals surface area contributed by atoms with Crippen LogP contribution >= 0.6 is 0 Å². The molecule has 158 valence electrons. The molecule has 0 saturated carbocycles. The van der Waals surface area contributed by atoms with E-state index >= 15 is 0 Å². The zero-order chi connectivity index (χ0) is 21.6. The highest BCUT2D eigenvalue weighted by molar-refractivity contribution is 7.89. The number of benzene rings is 2. The number of carbonyl (C=O) groups is 1. The van der Waals surface area contributed by atoms with Gasteiger partial charge in [0.15, 0.2) is 6.04 Å². The van der Waals surface area contributed by atoms with Crippen molar-refractivity contribution in [2.24, 2.45) is 0 Å². The third-order valence-corrected chi connectivity index (χ3v) is 6.54. The zero-order valence-electron chi connectivity index (χ0n) is 17.6. The highest BCUT2D eigenvalue weighted by Crippen LogP contribution is 2.18. The second-order valence-corrected chi connectivity index (χ2v) is 9.28. The number of sulfonamides is 1. The maximum Gasteiger partial charge on any atom is 0.282 e. The lowest BCUT2D eigenvalue weighted by Gasteiger charge is -2.21. The normalized spacial score (nSPS) is 13.7. The monoisotopic (exact) mass is 420 g/mol. The number of ether oxygens (including phenoxy) is 1. The molecule has 1 unspecified atom stereocenters. The summed E-state index contributed by atoms with van der Waals surface area (Å²) in [7, 11) is 1.35. The van der Waals surface area contributed by atoms with Crippen LogP contribution in [0.5, 0.6) is 5.75 Å². The fraction of sp³-hybridized carbons (Fsp3) is 0.381. The Hall–Kier alpha value is -2.42. The molecule has 0 fully saturated rings. The summed E-state index contributed by atoms with van der Waals surface area (Å²) in [5, 5.41) is 2.82. The summed E-state index contributed by atoms with van der Waals surface area (Å²) in [4.78, 5) is 13.8. The van der Waals surface area contributed by atoms with Crippen molar-refractivity contribution in [3.8, 4) is 5.75 Å². The topological polar surface area (TPSA) is 80.1 Å². The Kier molecular flexibility index (Phi) is 7.78. The van der Waals surface area contributed by atoms with Crippen LogP contribution in [0.4, 0.5) is 5.69 Å². The third kappa shape index (κ3) is 6.03. The quantitative estimate of drug-likeness (QED) is 0.642. The van der Waals surface area contributed by atoms with E-state index in [2.05, 4.69) is 5.32 Å². The fourth-order valence-corrected chi connectivity index (χ4v) is 3.71. The number of hydrogen-bond acceptors (Lipinski definition) is 4. The Labute approximate surface area is 173 Å². The average molecular weight is 421 g/mol. The highest BCUT2D eigenvalue weighted by Gasteiger charge is 2.23. The molecule has 0 aliphatic carbocycles. The largest absolute Gasteiger partial charge is 0.494 e. The van der Waals surface area contributed by atoms with Gasteiger partial charge in [-0.1, -0.05) is 6.07 Å². The number of likely N-dealkylation sites (N-methyl/N-ethyl adjacent to an activating group) is 1. The van der Waals surface area contributed by atoms with E-state index in [1.54, 1.807) is 12.1 Å². The van der Waals surface area contributed by atoms with Crippen LogP contribution in [0.3, 0.4) is 0 Å². The van der Waals surface area contributed by atoms with Gasteiger partial charge in [-0.25, -0.2) is 12.7 Å². The van der Waals surface area contributed by atoms with Gasteiger partial charge in [-0.3, -0.25) is 4.79 Å². The Balaban J connectivity index is 2.03. The highest BCUT2D eigenvalue weighted by atomic mass is 32.2. The molecule has 1 amide bonds. The number of quaternary nitrogens is 1. The van der Waals surface area contributed by atoms with Gasteiger partial charge in [0.25, 0.3) is 5.91 Å². The molecule has 2 aromatic carbocycles. The molecule has 0 aromatic heterocycles. The molecule has 0 aliphatic rings. The molecule has 8 heteroatoms. The maximum absolute atomic E-state index is 12.7. The van der Waals surface area contributed by atoms with Crippen molar-refractivity contribution in [1.29, 1.82) is 0 Å². The molecule has 0 heterocycles. The van der Waals surface area contributed by atoms with E-state index in [0.717, 1.165) is 20.5 Å². The van der Waals surface area contributed by atoms with Gasteiger partial charge >= 0.3 is 0 Å². The Morgan fingerprint density at radius 1 is 1.17 bits per heavy atom. The SMILES string of the molecule is CCOc1ccc(C[NH+](C)[C@H](C)C(=O)Nc2cccc(S(=O)(=O)N(C)C)c2)cc1. The van der Waals surface area contributed by atoms with E-state index < -0.39 is 10.0 Å². The lowest BCUT2D eigenvalue weighted by molar-refractivity contribution is -0.907. The van der Waals surface area contributed by atoms with Crippen molar-refractivity contribution in [1.82, 2.24) is 4.31 Å². The number of hydrogen-bond donors (Lipinski definition) is 2. The van der Waals surface area contributed by atoms with Crippen molar-refractivity contribution in [3.63, 3.8) is 0 Å². The predicted molar refractivity (Wildman–Crippen MR) is 114 cm³/mol. The molecule has 0 bridgehead atoms. The zero-order valence-corrected chi connectivity index (χ0v) is 18.4. The molecular weight excluding hydrogens is 390 g/mol. The van der Waals surface area contributed by atoms with E-state index in [4.69, 9.17) is 4.74 Å². The van der Waals surface area contributed by atoms with Gasteiger partial charge in [-0.05, 0) is 56.3 Å². The summed E-state index contributed by atoms with van der Waals surface area (Å²) in [6.45, 7) is 5.09. The molecular formula is C21H30N3O4S+. The van der Waals surface area contributed by atoms with Crippen LogP contribution in [0, 0.1) is 0 Å². The molecule has 0 radical (unpaired) electrons. The maximum atomic E-state index is 12.7. The van der Waals surface area contributed by atoms with Crippen LogP contribution in [0.2, 0.25) is 0 Å². The minimum absolute atomic E-state index is 0.142. The Morgan fingerprint density at radius 3 is 2.41 bits per heavy atom. The summed E-state index contributed by atoms with van der Waals surface area (Å²) in [5.74, 6) is 0.653. The molecule has 29 heavy (non-hydrogen) atoms. The van der Waals surface area contributed by atoms with Crippen molar-refractivity contribution < 1.29 is 22.8 Å². The van der Waals surface area contributed by atoms with Crippen molar-refractivity contribution in [2.45, 2.75) is 31.3 Å². The number of rotatable bonds is 9. The first-order valence-corrected chi connectivity index (χ1v) is 11.0. The van der Waals surface area contributed by atoms with Crippen molar-refractivity contribution in [2.75, 3.05) is 33.1 Å². The van der Waals surface area contributed by atoms with Crippen LogP contribution in [0.25, 0.3) is 0 Å². The second-order valence-electron chi connectivity index (χ2n) is 7.13. The van der Waals surface area contributed by atoms with Gasteiger partial charge in [0.2, 0.25) is 10.0 Å². The molecule has 2 atom stereocenters. The Morgan fingerprint density at radius 2 is 1.83 bits per heavy atom. The summed E-state index contributed by atoms with van der Waals surface area (Å²) >= 11 is 0. The minimum Gasteiger partial charge on any atom is -0.494 e. The van der Waals surface area contributed by atoms with Gasteiger partial charge in [0.05, 0.1) is 18.6 Å². The lowest BCUT2D eigenvalue weighted by Crippen LogP contribution is -3.12. The van der Waals surface area contributed by atoms with E-state index in [1.165, 1.54) is 26.2 Å². The first kappa shape index (κ1) is 22.9. The second kappa shape index (κ2) is 9.87. The average Bonchev–Trinajstić information content (AvgIpc) is 2.69. The first-order valence-electron chi connectivity index (χ1n) is 9.52. The van der Waals surface area contributed by atoms with Crippen molar-refractivity contribution in [3.05, 3.63) is 54.1 Å². The van der Waals surface area contributed by atoms with Crippen LogP contribution in [-0.2, 0) is 21.4 Å². The first-order chi connectivity index (χ1) is 13.6. The molecule has 7 nitrogen and oxygen atoms in total. The number of nitrogens with one attached hydrogen (secondary N) is 2. The molecule has 0 saturated heterocycles. The standard InChI is InChI=1S/C21H29N3O4S/c1-6-28-19-12-10-17(11-13-19)15-24(5)16(2)21(25)22-18-8-7-9-20(14-18)29(26,27)23(3)4/h7-14,16H,6,15H2,1-5H3,(H,22,25)/p+1/t16-/m1/s1. The van der Waals surface area contributed by atoms with Gasteiger partial charge in [-0.15, -0.1) is 0 Å². The number of carbonyl (C=O) groups excluding carboxylic acids is 1. The third-order valence-electron chi connectivity index (χ3n) is 4.73. The molecule has 2 N–H and O–H groups in total. The van der Waals surface area contributed by atoms with Gasteiger partial charge in [-0.2, -0.15) is 0 Å². The summed E-state index contributed by atoms with van der Waals surface area (Å²) < 4.78 is 31.2. The smallest absolute Gasteiger partial charge is 0.282 e. The van der Waals surface area contributed by atoms with E-state index in [9.17, 15) is 13.2 Å². The van der Waals surface area contributed by atoms with Gasteiger partial charge in [0.1, 0.15) is 12.3 Å². The van der Waals surface area contributed by atoms with Crippen LogP contribution in [0.15, 0.2) is 53.4 Å². The van der Waals surface area contributed by atoms with Gasteiger partial charge < -0.3 is 15.0 Å². The molecule has 2 rings (SSSR count). The lowest BCUT2D eigenvalue weighted by atomic mass is 10.1. The summed E-state index contributed by atoms with van der Waals surface area (Å²) in [6.07, 6.45) is 0. The minimum atomic E-state index is -3.55. The summed E-state index contributed by atoms with van der Waals surface area (Å²) in [5.41, 5.74) is 1.56. The predicted octanol–water partition coefficient (Wildman–Crippen LogP) is 1.38. The van der Waals surface area contributed by atoms with Crippen LogP contribution in [0.1, 0.15) is 19.4 Å². The molecule has 2 aromatic rings. The van der Waals surface area contributed by atoms with Crippen molar-refractivity contribution >= 4 is 21.6 Å².